The van der Waals surface area contributed by atoms with E-state index in [2.05, 4.69) is 12.2 Å². The first-order chi connectivity index (χ1) is 12.6. The third-order valence-electron chi connectivity index (χ3n) is 5.04. The van der Waals surface area contributed by atoms with Gasteiger partial charge in [-0.05, 0) is 13.0 Å². The Balaban J connectivity index is 3.20. The summed E-state index contributed by atoms with van der Waals surface area (Å²) in [6.45, 7) is 2.75. The van der Waals surface area contributed by atoms with E-state index in [0.717, 1.165) is 13.0 Å². The third-order valence-corrected chi connectivity index (χ3v) is 5.04. The van der Waals surface area contributed by atoms with Gasteiger partial charge in [0.05, 0.1) is 12.7 Å². The Hall–Kier alpha value is -0.200. The Morgan fingerprint density at radius 1 is 0.615 bits per heavy atom. The first-order valence-electron chi connectivity index (χ1n) is 11.0. The average molecular weight is 376 g/mol. The summed E-state index contributed by atoms with van der Waals surface area (Å²) in [5.74, 6) is 0. The van der Waals surface area contributed by atoms with Crippen molar-refractivity contribution in [1.29, 1.82) is 0 Å². The molecule has 5 heteroatoms. The standard InChI is InChI=1S/C21H45NO4/c1-2-3-4-5-6-7-8-9-10-11-12-13-14-15-16-22-17-19(24)21(26)20(25)18-23/h19-26H,2-18H2,1H3/t19-,20-,21+/m1/s1. The van der Waals surface area contributed by atoms with Crippen LogP contribution in [0.4, 0.5) is 0 Å². The molecule has 0 aliphatic rings. The van der Waals surface area contributed by atoms with E-state index in [1.807, 2.05) is 0 Å². The summed E-state index contributed by atoms with van der Waals surface area (Å²) in [4.78, 5) is 0. The molecule has 0 aromatic carbocycles. The summed E-state index contributed by atoms with van der Waals surface area (Å²) < 4.78 is 0. The molecule has 0 aromatic rings. The maximum Gasteiger partial charge on any atom is 0.109 e. The number of rotatable bonds is 20. The van der Waals surface area contributed by atoms with Crippen molar-refractivity contribution in [2.75, 3.05) is 19.7 Å². The zero-order valence-electron chi connectivity index (χ0n) is 17.0. The van der Waals surface area contributed by atoms with Crippen molar-refractivity contribution in [3.8, 4) is 0 Å². The van der Waals surface area contributed by atoms with Gasteiger partial charge in [0, 0.05) is 6.54 Å². The molecule has 0 unspecified atom stereocenters. The van der Waals surface area contributed by atoms with Crippen LogP contribution >= 0.6 is 0 Å². The summed E-state index contributed by atoms with van der Waals surface area (Å²) in [6.07, 6.45) is 15.0. The molecular weight excluding hydrogens is 330 g/mol. The minimum atomic E-state index is -1.30. The van der Waals surface area contributed by atoms with Crippen LogP contribution in [-0.2, 0) is 0 Å². The fourth-order valence-corrected chi connectivity index (χ4v) is 3.18. The van der Waals surface area contributed by atoms with E-state index in [0.29, 0.717) is 0 Å². The molecule has 0 amide bonds. The van der Waals surface area contributed by atoms with Gasteiger partial charge >= 0.3 is 0 Å². The molecule has 26 heavy (non-hydrogen) atoms. The van der Waals surface area contributed by atoms with Crippen LogP contribution in [0.3, 0.4) is 0 Å². The molecule has 0 aliphatic heterocycles. The van der Waals surface area contributed by atoms with Crippen molar-refractivity contribution in [2.45, 2.75) is 115 Å². The molecule has 0 fully saturated rings. The van der Waals surface area contributed by atoms with Crippen molar-refractivity contribution < 1.29 is 20.4 Å². The molecule has 5 nitrogen and oxygen atoms in total. The molecule has 0 spiro atoms. The van der Waals surface area contributed by atoms with Crippen LogP contribution in [-0.4, -0.2) is 58.4 Å². The number of hydrogen-bond donors (Lipinski definition) is 5. The molecule has 0 bridgehead atoms. The van der Waals surface area contributed by atoms with Crippen molar-refractivity contribution >= 4 is 0 Å². The van der Waals surface area contributed by atoms with Crippen LogP contribution < -0.4 is 5.32 Å². The zero-order valence-corrected chi connectivity index (χ0v) is 17.0. The first-order valence-corrected chi connectivity index (χ1v) is 11.0. The maximum atomic E-state index is 9.65. The molecule has 5 N–H and O–H groups in total. The van der Waals surface area contributed by atoms with E-state index in [-0.39, 0.29) is 6.54 Å². The molecular formula is C21H45NO4. The number of aliphatic hydroxyl groups is 4. The lowest BCUT2D eigenvalue weighted by molar-refractivity contribution is -0.0749. The van der Waals surface area contributed by atoms with Gasteiger partial charge in [0.25, 0.3) is 0 Å². The summed E-state index contributed by atoms with van der Waals surface area (Å²) in [5, 5.41) is 40.2. The highest BCUT2D eigenvalue weighted by Crippen LogP contribution is 2.12. The van der Waals surface area contributed by atoms with Gasteiger partial charge in [-0.15, -0.1) is 0 Å². The smallest absolute Gasteiger partial charge is 0.109 e. The van der Waals surface area contributed by atoms with Crippen LogP contribution in [0.25, 0.3) is 0 Å². The predicted molar refractivity (Wildman–Crippen MR) is 108 cm³/mol. The lowest BCUT2D eigenvalue weighted by atomic mass is 10.0. The molecule has 158 valence electrons. The number of aliphatic hydroxyl groups excluding tert-OH is 4. The Labute approximate surface area is 161 Å². The monoisotopic (exact) mass is 375 g/mol. The molecule has 0 aromatic heterocycles. The highest BCUT2D eigenvalue weighted by molar-refractivity contribution is 4.76. The second-order valence-electron chi connectivity index (χ2n) is 7.61. The van der Waals surface area contributed by atoms with E-state index in [1.165, 1.54) is 83.5 Å². The number of nitrogens with one attached hydrogen (secondary N) is 1. The van der Waals surface area contributed by atoms with Gasteiger partial charge in [0.1, 0.15) is 12.2 Å². The van der Waals surface area contributed by atoms with Gasteiger partial charge in [-0.25, -0.2) is 0 Å². The van der Waals surface area contributed by atoms with Gasteiger partial charge in [0.15, 0.2) is 0 Å². The topological polar surface area (TPSA) is 93.0 Å². The van der Waals surface area contributed by atoms with Crippen LogP contribution in [0.5, 0.6) is 0 Å². The number of hydrogen-bond acceptors (Lipinski definition) is 5. The summed E-state index contributed by atoms with van der Waals surface area (Å²) >= 11 is 0. The lowest BCUT2D eigenvalue weighted by Gasteiger charge is -2.21. The van der Waals surface area contributed by atoms with Crippen LogP contribution in [0.15, 0.2) is 0 Å². The van der Waals surface area contributed by atoms with Gasteiger partial charge < -0.3 is 25.7 Å². The summed E-state index contributed by atoms with van der Waals surface area (Å²) in [5.41, 5.74) is 0. The fraction of sp³-hybridized carbons (Fsp3) is 1.00. The largest absolute Gasteiger partial charge is 0.394 e. The number of unbranched alkanes of at least 4 members (excludes halogenated alkanes) is 13. The molecule has 0 radical (unpaired) electrons. The molecule has 0 heterocycles. The van der Waals surface area contributed by atoms with Gasteiger partial charge in [-0.1, -0.05) is 90.4 Å². The van der Waals surface area contributed by atoms with E-state index in [4.69, 9.17) is 5.11 Å². The minimum Gasteiger partial charge on any atom is -0.394 e. The molecule has 0 aliphatic carbocycles. The van der Waals surface area contributed by atoms with E-state index >= 15 is 0 Å². The third kappa shape index (κ3) is 16.0. The molecule has 3 atom stereocenters. The second kappa shape index (κ2) is 19.6. The van der Waals surface area contributed by atoms with Crippen molar-refractivity contribution in [2.24, 2.45) is 0 Å². The molecule has 0 rings (SSSR count). The van der Waals surface area contributed by atoms with Gasteiger partial charge in [-0.2, -0.15) is 0 Å². The fourth-order valence-electron chi connectivity index (χ4n) is 3.18. The van der Waals surface area contributed by atoms with Crippen LogP contribution in [0.2, 0.25) is 0 Å². The zero-order chi connectivity index (χ0) is 19.5. The first kappa shape index (κ1) is 25.8. The molecule has 0 saturated carbocycles. The second-order valence-corrected chi connectivity index (χ2v) is 7.61. The Morgan fingerprint density at radius 2 is 1.04 bits per heavy atom. The van der Waals surface area contributed by atoms with Crippen LogP contribution in [0, 0.1) is 0 Å². The van der Waals surface area contributed by atoms with E-state index in [1.54, 1.807) is 0 Å². The Bertz CT molecular complexity index is 279. The summed E-state index contributed by atoms with van der Waals surface area (Å²) in [7, 11) is 0. The quantitative estimate of drug-likeness (QED) is 0.211. The lowest BCUT2D eigenvalue weighted by Crippen LogP contribution is -2.44. The van der Waals surface area contributed by atoms with Gasteiger partial charge in [-0.3, -0.25) is 0 Å². The molecule has 0 saturated heterocycles. The minimum absolute atomic E-state index is 0.233. The van der Waals surface area contributed by atoms with Crippen LogP contribution in [0.1, 0.15) is 96.8 Å². The highest BCUT2D eigenvalue weighted by Gasteiger charge is 2.23. The van der Waals surface area contributed by atoms with Crippen molar-refractivity contribution in [3.05, 3.63) is 0 Å². The Morgan fingerprint density at radius 3 is 1.46 bits per heavy atom. The normalized spacial score (nSPS) is 15.1. The predicted octanol–water partition coefficient (Wildman–Crippen LogP) is 3.13. The van der Waals surface area contributed by atoms with E-state index < -0.39 is 24.9 Å². The average Bonchev–Trinajstić information content (AvgIpc) is 2.66. The SMILES string of the molecule is CCCCCCCCCCCCCCCCNC[C@@H](O)[C@H](O)[C@H](O)CO. The van der Waals surface area contributed by atoms with Crippen molar-refractivity contribution in [3.63, 3.8) is 0 Å². The maximum absolute atomic E-state index is 9.65. The van der Waals surface area contributed by atoms with Gasteiger partial charge in [0.2, 0.25) is 0 Å². The Kier molecular flexibility index (Phi) is 19.4. The highest BCUT2D eigenvalue weighted by atomic mass is 16.4. The summed E-state index contributed by atoms with van der Waals surface area (Å²) in [6, 6.07) is 0. The van der Waals surface area contributed by atoms with E-state index in [9.17, 15) is 15.3 Å². The van der Waals surface area contributed by atoms with Crippen molar-refractivity contribution in [1.82, 2.24) is 5.32 Å².